The highest BCUT2D eigenvalue weighted by Gasteiger charge is 2.71. The van der Waals surface area contributed by atoms with E-state index in [0.29, 0.717) is 7.11 Å². The first-order valence-corrected chi connectivity index (χ1v) is 7.83. The van der Waals surface area contributed by atoms with Crippen molar-refractivity contribution < 1.29 is 44.8 Å². The fourth-order valence-corrected chi connectivity index (χ4v) is 2.82. The minimum atomic E-state index is -4.60. The van der Waals surface area contributed by atoms with Crippen LogP contribution in [0.5, 0.6) is 0 Å². The topological polar surface area (TPSA) is 249 Å². The van der Waals surface area contributed by atoms with Crippen LogP contribution >= 0.6 is 0 Å². The maximum Gasteiger partial charge on any atom is 0.372 e. The van der Waals surface area contributed by atoms with Gasteiger partial charge in [0.2, 0.25) is 0 Å². The van der Waals surface area contributed by atoms with Crippen LogP contribution in [0.1, 0.15) is 5.82 Å². The molecule has 1 amide bonds. The van der Waals surface area contributed by atoms with Gasteiger partial charge in [0.25, 0.3) is 28.7 Å². The van der Waals surface area contributed by atoms with Crippen LogP contribution < -0.4 is 11.3 Å². The first-order valence-electron chi connectivity index (χ1n) is 7.83. The lowest BCUT2D eigenvalue weighted by molar-refractivity contribution is -0.406. The molecule has 1 heterocycles. The summed E-state index contributed by atoms with van der Waals surface area (Å²) in [5.74, 6) is -14.0. The Labute approximate surface area is 165 Å². The van der Waals surface area contributed by atoms with E-state index < -0.39 is 56.6 Å². The molecule has 30 heavy (non-hydrogen) atoms. The van der Waals surface area contributed by atoms with Gasteiger partial charge >= 0.3 is 11.8 Å². The van der Waals surface area contributed by atoms with Crippen LogP contribution in [0, 0.1) is 17.0 Å². The molecule has 2 rings (SSSR count). The predicted octanol–water partition coefficient (Wildman–Crippen LogP) is -3.72. The van der Waals surface area contributed by atoms with E-state index in [9.17, 15) is 50.0 Å². The van der Waals surface area contributed by atoms with Crippen LogP contribution in [-0.4, -0.2) is 70.6 Å². The molecule has 0 aliphatic carbocycles. The number of esters is 1. The van der Waals surface area contributed by atoms with Gasteiger partial charge in [-0.15, -0.1) is 0 Å². The van der Waals surface area contributed by atoms with Crippen LogP contribution in [-0.2, 0) is 20.1 Å². The van der Waals surface area contributed by atoms with Crippen molar-refractivity contribution in [2.45, 2.75) is 24.2 Å². The summed E-state index contributed by atoms with van der Waals surface area (Å²) in [6, 6.07) is 3.24. The summed E-state index contributed by atoms with van der Waals surface area (Å²) >= 11 is 0. The van der Waals surface area contributed by atoms with Crippen molar-refractivity contribution in [1.29, 1.82) is 0 Å². The zero-order valence-corrected chi connectivity index (χ0v) is 15.3. The Hall–Kier alpha value is -3.50. The Bertz CT molecular complexity index is 1120. The van der Waals surface area contributed by atoms with Crippen molar-refractivity contribution in [3.05, 3.63) is 44.5 Å². The number of nitro benzene ring substituents is 1. The van der Waals surface area contributed by atoms with Gasteiger partial charge in [-0.25, -0.2) is 9.78 Å². The van der Waals surface area contributed by atoms with Crippen LogP contribution in [0.4, 0.5) is 5.69 Å². The van der Waals surface area contributed by atoms with Gasteiger partial charge < -0.3 is 36.0 Å². The molecule has 1 aromatic carbocycles. The number of hydrogen-bond acceptors (Lipinski definition) is 12. The second kappa shape index (κ2) is 7.08. The van der Waals surface area contributed by atoms with Gasteiger partial charge in [0, 0.05) is 6.07 Å². The number of nitro groups is 1. The van der Waals surface area contributed by atoms with Gasteiger partial charge in [-0.1, -0.05) is 6.07 Å². The van der Waals surface area contributed by atoms with E-state index >= 15 is 0 Å². The van der Waals surface area contributed by atoms with Crippen molar-refractivity contribution in [3.63, 3.8) is 0 Å². The first-order chi connectivity index (χ1) is 13.7. The van der Waals surface area contributed by atoms with Gasteiger partial charge in [0.05, 0.1) is 17.5 Å². The number of aromatic nitrogens is 2. The van der Waals surface area contributed by atoms with Crippen molar-refractivity contribution in [1.82, 2.24) is 9.55 Å². The Morgan fingerprint density at radius 1 is 1.23 bits per heavy atom. The molecule has 0 fully saturated rings. The zero-order valence-electron chi connectivity index (χ0n) is 15.3. The summed E-state index contributed by atoms with van der Waals surface area (Å²) in [5, 5.41) is 61.5. The molecule has 1 unspecified atom stereocenters. The molecule has 0 radical (unpaired) electrons. The van der Waals surface area contributed by atoms with E-state index in [4.69, 9.17) is 5.73 Å². The summed E-state index contributed by atoms with van der Waals surface area (Å²) in [4.78, 5) is 50.7. The lowest BCUT2D eigenvalue weighted by Gasteiger charge is -2.42. The number of non-ortho nitro benzene ring substituents is 1. The van der Waals surface area contributed by atoms with Crippen molar-refractivity contribution in [2.75, 3.05) is 7.11 Å². The highest BCUT2D eigenvalue weighted by atomic mass is 16.7. The van der Waals surface area contributed by atoms with Gasteiger partial charge in [0.1, 0.15) is 11.2 Å². The van der Waals surface area contributed by atoms with Gasteiger partial charge in [0.15, 0.2) is 0 Å². The quantitative estimate of drug-likeness (QED) is 0.112. The van der Waals surface area contributed by atoms with E-state index in [1.807, 2.05) is 0 Å². The molecule has 15 heteroatoms. The number of nitrogens with two attached hydrogens (primary N) is 1. The number of amides is 1. The largest absolute Gasteiger partial charge is 0.465 e. The molecule has 162 valence electrons. The third-order valence-corrected chi connectivity index (χ3v) is 4.35. The number of carbonyl (C=O) groups excluding carboxylic acids is 2. The number of hydrogen-bond donors (Lipinski definition) is 6. The first kappa shape index (κ1) is 22.8. The lowest BCUT2D eigenvalue weighted by Crippen LogP contribution is -2.76. The fourth-order valence-electron chi connectivity index (χ4n) is 2.82. The molecule has 1 aromatic heterocycles. The van der Waals surface area contributed by atoms with Crippen molar-refractivity contribution in [2.24, 2.45) is 5.73 Å². The van der Waals surface area contributed by atoms with E-state index in [1.54, 1.807) is 0 Å². The third-order valence-electron chi connectivity index (χ3n) is 4.35. The minimum Gasteiger partial charge on any atom is -0.465 e. The van der Waals surface area contributed by atoms with E-state index in [-0.39, 0.29) is 10.1 Å². The maximum atomic E-state index is 13.0. The number of ether oxygens (including phenoxy) is 1. The zero-order chi connectivity index (χ0) is 23.2. The Morgan fingerprint density at radius 2 is 1.80 bits per heavy atom. The van der Waals surface area contributed by atoms with Crippen LogP contribution in [0.25, 0.3) is 10.9 Å². The average Bonchev–Trinajstić information content (AvgIpc) is 2.65. The molecule has 0 saturated carbocycles. The molecule has 7 N–H and O–H groups in total. The molecule has 0 saturated heterocycles. The number of methoxy groups -OCH3 is 1. The van der Waals surface area contributed by atoms with E-state index in [0.717, 1.165) is 13.0 Å². The number of nitrogens with zero attached hydrogens (tertiary/aromatic N) is 3. The van der Waals surface area contributed by atoms with Crippen LogP contribution in [0.15, 0.2) is 23.0 Å². The number of rotatable bonds is 6. The fraction of sp³-hybridized carbons (Fsp3) is 0.333. The number of fused-ring (bicyclic) bond motifs is 1. The SMILES string of the molecule is COC(=O)C(O)(O)C(O)(O)C(O)(C(N)=O)n1c(C)nc2cccc([N+](=O)[O-])c2c1=O. The van der Waals surface area contributed by atoms with E-state index in [1.165, 1.54) is 12.1 Å². The standard InChI is InChI=1S/C15H16N4O11/c1-6-17-7-4-3-5-8(19(28)29)9(7)10(20)18(6)13(23,11(16)21)15(26,27)14(24,25)12(22)30-2/h3-5,23-27H,1-2H3,(H2,16,21). The molecular formula is C15H16N4O11. The second-order valence-corrected chi connectivity index (χ2v) is 6.10. The van der Waals surface area contributed by atoms with Crippen molar-refractivity contribution >= 4 is 28.5 Å². The third kappa shape index (κ3) is 2.88. The number of benzene rings is 1. The number of primary amides is 1. The van der Waals surface area contributed by atoms with Crippen molar-refractivity contribution in [3.8, 4) is 0 Å². The summed E-state index contributed by atoms with van der Waals surface area (Å²) in [6.45, 7) is 0.957. The average molecular weight is 428 g/mol. The van der Waals surface area contributed by atoms with Gasteiger partial charge in [-0.3, -0.25) is 24.3 Å². The number of aryl methyl sites for hydroxylation is 1. The molecular weight excluding hydrogens is 412 g/mol. The maximum absolute atomic E-state index is 13.0. The normalized spacial score (nSPS) is 14.2. The monoisotopic (exact) mass is 428 g/mol. The van der Waals surface area contributed by atoms with E-state index in [2.05, 4.69) is 9.72 Å². The summed E-state index contributed by atoms with van der Waals surface area (Å²) in [6.07, 6.45) is 0. The summed E-state index contributed by atoms with van der Waals surface area (Å²) < 4.78 is 3.77. The molecule has 15 nitrogen and oxygen atoms in total. The highest BCUT2D eigenvalue weighted by molar-refractivity contribution is 5.89. The molecule has 0 aliphatic heterocycles. The van der Waals surface area contributed by atoms with Crippen LogP contribution in [0.2, 0.25) is 0 Å². The second-order valence-electron chi connectivity index (χ2n) is 6.10. The molecule has 0 aliphatic rings. The smallest absolute Gasteiger partial charge is 0.372 e. The summed E-state index contributed by atoms with van der Waals surface area (Å²) in [5.41, 5.74) is -1.86. The molecule has 1 atom stereocenters. The number of carbonyl (C=O) groups is 2. The Balaban J connectivity index is 3.05. The van der Waals surface area contributed by atoms with Crippen LogP contribution in [0.3, 0.4) is 0 Å². The van der Waals surface area contributed by atoms with Gasteiger partial charge in [-0.05, 0) is 13.0 Å². The van der Waals surface area contributed by atoms with Gasteiger partial charge in [-0.2, -0.15) is 0 Å². The minimum absolute atomic E-state index is 0.213. The highest BCUT2D eigenvalue weighted by Crippen LogP contribution is 2.35. The molecule has 0 spiro atoms. The molecule has 2 aromatic rings. The number of aliphatic hydroxyl groups is 5. The lowest BCUT2D eigenvalue weighted by atomic mass is 9.91. The summed E-state index contributed by atoms with van der Waals surface area (Å²) in [7, 11) is 0.598. The Kier molecular flexibility index (Phi) is 5.38. The Morgan fingerprint density at radius 3 is 2.27 bits per heavy atom. The molecule has 0 bridgehead atoms. The predicted molar refractivity (Wildman–Crippen MR) is 93.1 cm³/mol.